The minimum Gasteiger partial charge on any atom is -0.372 e. The van der Waals surface area contributed by atoms with E-state index in [1.165, 1.54) is 0 Å². The molecule has 1 amide bonds. The average Bonchev–Trinajstić information content (AvgIpc) is 2.64. The molecule has 0 spiro atoms. The number of pyridine rings is 1. The zero-order chi connectivity index (χ0) is 17.0. The molecule has 0 unspecified atom stereocenters. The highest BCUT2D eigenvalue weighted by Gasteiger charge is 2.39. The number of hydrogen-bond donors (Lipinski definition) is 2. The third-order valence-corrected chi connectivity index (χ3v) is 3.95. The van der Waals surface area contributed by atoms with E-state index in [-0.39, 0.29) is 0 Å². The molecule has 2 N–H and O–H groups in total. The molecule has 0 bridgehead atoms. The molecule has 0 aliphatic carbocycles. The van der Waals surface area contributed by atoms with E-state index in [2.05, 4.69) is 5.32 Å². The van der Waals surface area contributed by atoms with Crippen molar-refractivity contribution >= 4 is 11.6 Å². The Hall–Kier alpha value is -2.98. The highest BCUT2D eigenvalue weighted by molar-refractivity contribution is 6.00. The van der Waals surface area contributed by atoms with Gasteiger partial charge in [-0.2, -0.15) is 0 Å². The van der Waals surface area contributed by atoms with Crippen LogP contribution < -0.4 is 9.88 Å². The first-order chi connectivity index (χ1) is 11.6. The zero-order valence-corrected chi connectivity index (χ0v) is 13.4. The highest BCUT2D eigenvalue weighted by atomic mass is 16.3. The molecule has 0 radical (unpaired) electrons. The highest BCUT2D eigenvalue weighted by Crippen LogP contribution is 2.31. The van der Waals surface area contributed by atoms with Gasteiger partial charge in [0.05, 0.1) is 5.69 Å². The van der Waals surface area contributed by atoms with Crippen LogP contribution in [0.25, 0.3) is 0 Å². The fourth-order valence-electron chi connectivity index (χ4n) is 2.59. The molecule has 2 aromatic carbocycles. The summed E-state index contributed by atoms with van der Waals surface area (Å²) < 4.78 is 1.87. The number of amides is 1. The van der Waals surface area contributed by atoms with E-state index in [0.717, 1.165) is 0 Å². The summed E-state index contributed by atoms with van der Waals surface area (Å²) in [5.74, 6) is -0.492. The van der Waals surface area contributed by atoms with Crippen LogP contribution in [0.15, 0.2) is 85.2 Å². The number of hydrogen-bond acceptors (Lipinski definition) is 2. The maximum absolute atomic E-state index is 13.0. The number of carbonyl (C=O) groups excluding carboxylic acids is 1. The van der Waals surface area contributed by atoms with E-state index in [1.807, 2.05) is 36.1 Å². The van der Waals surface area contributed by atoms with Crippen LogP contribution in [-0.4, -0.2) is 11.0 Å². The van der Waals surface area contributed by atoms with Crippen molar-refractivity contribution in [2.24, 2.45) is 7.05 Å². The molecular formula is C20H19N2O2+. The lowest BCUT2D eigenvalue weighted by Gasteiger charge is -2.28. The SMILES string of the molecule is C[n+]1ccc(NC(=O)C(O)(c2ccccc2)c2ccccc2)cc1. The Morgan fingerprint density at radius 2 is 1.33 bits per heavy atom. The van der Waals surface area contributed by atoms with Gasteiger partial charge in [0.1, 0.15) is 7.05 Å². The molecule has 0 saturated heterocycles. The van der Waals surface area contributed by atoms with E-state index in [4.69, 9.17) is 0 Å². The van der Waals surface area contributed by atoms with E-state index >= 15 is 0 Å². The number of nitrogens with one attached hydrogen (secondary N) is 1. The standard InChI is InChI=1S/C20H18N2O2/c1-22-14-12-18(13-15-22)21-19(23)20(24,16-8-4-2-5-9-16)17-10-6-3-7-11-17/h2-15,24H,1H3/p+1. The lowest BCUT2D eigenvalue weighted by atomic mass is 9.85. The van der Waals surface area contributed by atoms with Gasteiger partial charge in [-0.05, 0) is 11.1 Å². The van der Waals surface area contributed by atoms with Gasteiger partial charge in [-0.3, -0.25) is 4.79 Å². The molecule has 0 aliphatic heterocycles. The summed E-state index contributed by atoms with van der Waals surface area (Å²) in [6.45, 7) is 0. The number of aryl methyl sites for hydroxylation is 1. The van der Waals surface area contributed by atoms with Gasteiger partial charge in [-0.25, -0.2) is 4.57 Å². The lowest BCUT2D eigenvalue weighted by Crippen LogP contribution is -2.41. The number of carbonyl (C=O) groups is 1. The summed E-state index contributed by atoms with van der Waals surface area (Å²) in [5, 5.41) is 14.1. The van der Waals surface area contributed by atoms with Gasteiger partial charge in [0, 0.05) is 12.1 Å². The van der Waals surface area contributed by atoms with Crippen LogP contribution in [-0.2, 0) is 17.4 Å². The third-order valence-electron chi connectivity index (χ3n) is 3.95. The monoisotopic (exact) mass is 319 g/mol. The van der Waals surface area contributed by atoms with Crippen molar-refractivity contribution in [3.8, 4) is 0 Å². The van der Waals surface area contributed by atoms with Gasteiger partial charge in [0.15, 0.2) is 18.0 Å². The first kappa shape index (κ1) is 15.9. The van der Waals surface area contributed by atoms with Crippen molar-refractivity contribution in [1.29, 1.82) is 0 Å². The van der Waals surface area contributed by atoms with Crippen LogP contribution in [0, 0.1) is 0 Å². The molecule has 1 aromatic heterocycles. The van der Waals surface area contributed by atoms with E-state index in [1.54, 1.807) is 60.7 Å². The number of rotatable bonds is 4. The molecule has 4 heteroatoms. The summed E-state index contributed by atoms with van der Waals surface area (Å²) in [6, 6.07) is 21.5. The van der Waals surface area contributed by atoms with E-state index in [0.29, 0.717) is 16.8 Å². The number of nitrogens with zero attached hydrogens (tertiary/aromatic N) is 1. The predicted octanol–water partition coefficient (Wildman–Crippen LogP) is 2.39. The van der Waals surface area contributed by atoms with Crippen LogP contribution in [0.5, 0.6) is 0 Å². The fraction of sp³-hybridized carbons (Fsp3) is 0.100. The quantitative estimate of drug-likeness (QED) is 0.726. The summed E-state index contributed by atoms with van der Waals surface area (Å²) in [5.41, 5.74) is -0.0886. The normalized spacial score (nSPS) is 11.1. The number of aliphatic hydroxyl groups is 1. The fourth-order valence-corrected chi connectivity index (χ4v) is 2.59. The van der Waals surface area contributed by atoms with Crippen molar-refractivity contribution in [2.75, 3.05) is 5.32 Å². The summed E-state index contributed by atoms with van der Waals surface area (Å²) in [4.78, 5) is 13.0. The number of benzene rings is 2. The van der Waals surface area contributed by atoms with Crippen LogP contribution >= 0.6 is 0 Å². The molecule has 0 atom stereocenters. The van der Waals surface area contributed by atoms with Crippen LogP contribution in [0.2, 0.25) is 0 Å². The van der Waals surface area contributed by atoms with Gasteiger partial charge in [-0.15, -0.1) is 0 Å². The van der Waals surface area contributed by atoms with Crippen molar-refractivity contribution in [3.63, 3.8) is 0 Å². The maximum Gasteiger partial charge on any atom is 0.265 e. The topological polar surface area (TPSA) is 53.2 Å². The van der Waals surface area contributed by atoms with Crippen molar-refractivity contribution in [1.82, 2.24) is 0 Å². The lowest BCUT2D eigenvalue weighted by molar-refractivity contribution is -0.671. The molecule has 4 nitrogen and oxygen atoms in total. The first-order valence-electron chi connectivity index (χ1n) is 7.71. The third kappa shape index (κ3) is 3.05. The molecule has 24 heavy (non-hydrogen) atoms. The Kier molecular flexibility index (Phi) is 4.40. The Balaban J connectivity index is 2.02. The van der Waals surface area contributed by atoms with Gasteiger partial charge in [0.25, 0.3) is 5.91 Å². The predicted molar refractivity (Wildman–Crippen MR) is 92.1 cm³/mol. The van der Waals surface area contributed by atoms with Gasteiger partial charge < -0.3 is 10.4 Å². The number of aromatic nitrogens is 1. The molecule has 1 heterocycles. The molecule has 0 fully saturated rings. The molecule has 0 aliphatic rings. The Labute approximate surface area is 141 Å². The van der Waals surface area contributed by atoms with Crippen molar-refractivity contribution < 1.29 is 14.5 Å². The van der Waals surface area contributed by atoms with E-state index < -0.39 is 11.5 Å². The minimum absolute atomic E-state index is 0.492. The van der Waals surface area contributed by atoms with Gasteiger partial charge in [0.2, 0.25) is 0 Å². The Bertz CT molecular complexity index is 776. The van der Waals surface area contributed by atoms with Crippen molar-refractivity contribution in [3.05, 3.63) is 96.3 Å². The van der Waals surface area contributed by atoms with Gasteiger partial charge >= 0.3 is 0 Å². The van der Waals surface area contributed by atoms with Crippen LogP contribution in [0.3, 0.4) is 0 Å². The maximum atomic E-state index is 13.0. The second-order valence-corrected chi connectivity index (χ2v) is 5.65. The summed E-state index contributed by atoms with van der Waals surface area (Å²) in [6.07, 6.45) is 3.67. The molecule has 120 valence electrons. The molecule has 0 saturated carbocycles. The van der Waals surface area contributed by atoms with Gasteiger partial charge in [-0.1, -0.05) is 60.7 Å². The Morgan fingerprint density at radius 3 is 1.79 bits per heavy atom. The second kappa shape index (κ2) is 6.64. The van der Waals surface area contributed by atoms with Crippen LogP contribution in [0.1, 0.15) is 11.1 Å². The summed E-state index contributed by atoms with van der Waals surface area (Å²) >= 11 is 0. The van der Waals surface area contributed by atoms with Crippen molar-refractivity contribution in [2.45, 2.75) is 5.60 Å². The average molecular weight is 319 g/mol. The van der Waals surface area contributed by atoms with E-state index in [9.17, 15) is 9.90 Å². The summed E-state index contributed by atoms with van der Waals surface area (Å²) in [7, 11) is 1.90. The minimum atomic E-state index is -1.76. The zero-order valence-electron chi connectivity index (χ0n) is 13.4. The number of anilines is 1. The molecule has 3 rings (SSSR count). The largest absolute Gasteiger partial charge is 0.372 e. The molecular weight excluding hydrogens is 300 g/mol. The molecule has 3 aromatic rings. The first-order valence-corrected chi connectivity index (χ1v) is 7.71. The Morgan fingerprint density at radius 1 is 0.875 bits per heavy atom. The second-order valence-electron chi connectivity index (χ2n) is 5.65. The smallest absolute Gasteiger partial charge is 0.265 e. The van der Waals surface area contributed by atoms with Crippen LogP contribution in [0.4, 0.5) is 5.69 Å².